The topological polar surface area (TPSA) is 69.6 Å². The SMILES string of the molecule is O=[N+]([O-])c1ccc([C@]2(O)C[N+]3=C(CCCCC3)N2c2ccc(Br)cc2)cc1. The molecule has 27 heavy (non-hydrogen) atoms. The maximum absolute atomic E-state index is 11.8. The molecule has 0 fully saturated rings. The van der Waals surface area contributed by atoms with E-state index in [4.69, 9.17) is 0 Å². The summed E-state index contributed by atoms with van der Waals surface area (Å²) in [6.45, 7) is 1.37. The third-order valence-electron chi connectivity index (χ3n) is 5.36. The molecule has 0 unspecified atom stereocenters. The number of nitrogens with zero attached hydrogens (tertiary/aromatic N) is 3. The molecule has 1 N–H and O–H groups in total. The lowest BCUT2D eigenvalue weighted by molar-refractivity contribution is -0.534. The molecule has 1 atom stereocenters. The highest BCUT2D eigenvalue weighted by Gasteiger charge is 2.54. The maximum Gasteiger partial charge on any atom is 0.275 e. The molecule has 140 valence electrons. The van der Waals surface area contributed by atoms with Crippen molar-refractivity contribution in [1.82, 2.24) is 0 Å². The second-order valence-electron chi connectivity index (χ2n) is 7.08. The van der Waals surface area contributed by atoms with Crippen molar-refractivity contribution in [2.45, 2.75) is 31.4 Å². The summed E-state index contributed by atoms with van der Waals surface area (Å²) in [6, 6.07) is 14.1. The lowest BCUT2D eigenvalue weighted by atomic mass is 9.99. The zero-order valence-corrected chi connectivity index (χ0v) is 16.4. The van der Waals surface area contributed by atoms with E-state index in [-0.39, 0.29) is 5.69 Å². The second-order valence-corrected chi connectivity index (χ2v) is 8.00. The van der Waals surface area contributed by atoms with Crippen molar-refractivity contribution >= 4 is 33.1 Å². The number of halogens is 1. The van der Waals surface area contributed by atoms with Gasteiger partial charge in [-0.25, -0.2) is 0 Å². The van der Waals surface area contributed by atoms with Gasteiger partial charge < -0.3 is 5.11 Å². The zero-order valence-electron chi connectivity index (χ0n) is 14.8. The number of hydrogen-bond acceptors (Lipinski definition) is 4. The van der Waals surface area contributed by atoms with Gasteiger partial charge in [-0.3, -0.25) is 14.7 Å². The van der Waals surface area contributed by atoms with E-state index in [0.717, 1.165) is 41.8 Å². The Morgan fingerprint density at radius 2 is 1.78 bits per heavy atom. The third-order valence-corrected chi connectivity index (χ3v) is 5.89. The molecule has 2 aliphatic rings. The average molecular weight is 431 g/mol. The minimum atomic E-state index is -1.25. The van der Waals surface area contributed by atoms with E-state index in [0.29, 0.717) is 12.1 Å². The van der Waals surface area contributed by atoms with Gasteiger partial charge in [-0.1, -0.05) is 15.9 Å². The first-order valence-corrected chi connectivity index (χ1v) is 9.92. The molecule has 2 aromatic rings. The second kappa shape index (κ2) is 7.05. The Morgan fingerprint density at radius 3 is 2.44 bits per heavy atom. The molecule has 0 bridgehead atoms. The maximum atomic E-state index is 11.8. The molecular weight excluding hydrogens is 410 g/mol. The summed E-state index contributed by atoms with van der Waals surface area (Å²) in [5, 5.41) is 22.8. The Balaban J connectivity index is 1.80. The van der Waals surface area contributed by atoms with Crippen LogP contribution in [-0.2, 0) is 5.72 Å². The molecular formula is C20H21BrN3O3+. The number of nitro benzene ring substituents is 1. The molecule has 0 radical (unpaired) electrons. The first-order valence-electron chi connectivity index (χ1n) is 9.13. The molecule has 7 heteroatoms. The Morgan fingerprint density at radius 1 is 1.07 bits per heavy atom. The van der Waals surface area contributed by atoms with Gasteiger partial charge in [-0.2, -0.15) is 4.90 Å². The van der Waals surface area contributed by atoms with Gasteiger partial charge in [0, 0.05) is 28.6 Å². The molecule has 2 heterocycles. The van der Waals surface area contributed by atoms with Crippen molar-refractivity contribution in [3.05, 3.63) is 68.7 Å². The van der Waals surface area contributed by atoms with Crippen molar-refractivity contribution in [2.24, 2.45) is 0 Å². The van der Waals surface area contributed by atoms with Gasteiger partial charge in [-0.05, 0) is 55.7 Å². The quantitative estimate of drug-likeness (QED) is 0.453. The predicted molar refractivity (Wildman–Crippen MR) is 107 cm³/mol. The third kappa shape index (κ3) is 3.26. The van der Waals surface area contributed by atoms with E-state index >= 15 is 0 Å². The summed E-state index contributed by atoms with van der Waals surface area (Å²) in [5.74, 6) is 1.12. The number of hydrogen-bond donors (Lipinski definition) is 1. The number of anilines is 1. The number of amidine groups is 1. The van der Waals surface area contributed by atoms with Crippen LogP contribution in [0.1, 0.15) is 31.2 Å². The monoisotopic (exact) mass is 430 g/mol. The normalized spacial score (nSPS) is 22.5. The molecule has 0 aromatic heterocycles. The molecule has 0 spiro atoms. The van der Waals surface area contributed by atoms with Crippen LogP contribution in [0.25, 0.3) is 0 Å². The summed E-state index contributed by atoms with van der Waals surface area (Å²) in [6.07, 6.45) is 4.29. The molecule has 4 rings (SSSR count). The van der Waals surface area contributed by atoms with E-state index in [1.54, 1.807) is 12.1 Å². The van der Waals surface area contributed by atoms with Crippen molar-refractivity contribution in [3.8, 4) is 0 Å². The Labute approximate surface area is 166 Å². The first-order chi connectivity index (χ1) is 13.0. The molecule has 0 amide bonds. The van der Waals surface area contributed by atoms with Crippen LogP contribution in [-0.4, -0.2) is 33.5 Å². The predicted octanol–water partition coefficient (Wildman–Crippen LogP) is 4.01. The number of aliphatic hydroxyl groups is 1. The van der Waals surface area contributed by atoms with Crippen LogP contribution in [0.4, 0.5) is 11.4 Å². The summed E-state index contributed by atoms with van der Waals surface area (Å²) in [4.78, 5) is 12.6. The van der Waals surface area contributed by atoms with Crippen molar-refractivity contribution < 1.29 is 14.6 Å². The molecule has 2 aliphatic heterocycles. The van der Waals surface area contributed by atoms with Crippen LogP contribution in [0.3, 0.4) is 0 Å². The fraction of sp³-hybridized carbons (Fsp3) is 0.350. The van der Waals surface area contributed by atoms with Gasteiger partial charge in [0.15, 0.2) is 6.54 Å². The summed E-state index contributed by atoms with van der Waals surface area (Å²) >= 11 is 3.47. The molecule has 0 saturated carbocycles. The van der Waals surface area contributed by atoms with E-state index in [1.165, 1.54) is 18.6 Å². The fourth-order valence-electron chi connectivity index (χ4n) is 4.05. The van der Waals surface area contributed by atoms with Gasteiger partial charge in [0.2, 0.25) is 0 Å². The van der Waals surface area contributed by atoms with Crippen LogP contribution in [0.2, 0.25) is 0 Å². The van der Waals surface area contributed by atoms with Crippen LogP contribution in [0.5, 0.6) is 0 Å². The fourth-order valence-corrected chi connectivity index (χ4v) is 4.31. The zero-order chi connectivity index (χ0) is 19.0. The molecule has 2 aromatic carbocycles. The highest BCUT2D eigenvalue weighted by molar-refractivity contribution is 9.10. The van der Waals surface area contributed by atoms with Gasteiger partial charge in [0.05, 0.1) is 11.5 Å². The lowest BCUT2D eigenvalue weighted by Crippen LogP contribution is -2.47. The minimum Gasteiger partial charge on any atom is -0.346 e. The van der Waals surface area contributed by atoms with Crippen molar-refractivity contribution in [2.75, 3.05) is 18.0 Å². The molecule has 6 nitrogen and oxygen atoms in total. The highest BCUT2D eigenvalue weighted by atomic mass is 79.9. The largest absolute Gasteiger partial charge is 0.346 e. The van der Waals surface area contributed by atoms with Gasteiger partial charge in [0.1, 0.15) is 5.69 Å². The standard InChI is InChI=1S/C20H21BrN3O3/c21-16-7-11-17(12-8-16)23-19-4-2-1-3-13-22(19)14-20(23,25)15-5-9-18(10-6-15)24(26)27/h5-12,25H,1-4,13-14H2/q+1/t20-/m1/s1. The summed E-state index contributed by atoms with van der Waals surface area (Å²) in [5.41, 5.74) is 0.350. The van der Waals surface area contributed by atoms with E-state index in [9.17, 15) is 15.2 Å². The van der Waals surface area contributed by atoms with Crippen LogP contribution in [0.15, 0.2) is 53.0 Å². The highest BCUT2D eigenvalue weighted by Crippen LogP contribution is 2.38. The van der Waals surface area contributed by atoms with Gasteiger partial charge >= 0.3 is 0 Å². The smallest absolute Gasteiger partial charge is 0.275 e. The Bertz CT molecular complexity index is 896. The molecule has 0 aliphatic carbocycles. The molecule has 0 saturated heterocycles. The Hall–Kier alpha value is -2.25. The van der Waals surface area contributed by atoms with E-state index < -0.39 is 10.6 Å². The van der Waals surface area contributed by atoms with Crippen molar-refractivity contribution in [3.63, 3.8) is 0 Å². The number of rotatable bonds is 3. The average Bonchev–Trinajstić information content (AvgIpc) is 2.79. The summed E-state index contributed by atoms with van der Waals surface area (Å²) < 4.78 is 3.24. The van der Waals surface area contributed by atoms with Crippen LogP contribution < -0.4 is 4.90 Å². The number of benzene rings is 2. The van der Waals surface area contributed by atoms with Crippen molar-refractivity contribution in [1.29, 1.82) is 0 Å². The number of nitro groups is 1. The van der Waals surface area contributed by atoms with Gasteiger partial charge in [-0.15, -0.1) is 0 Å². The van der Waals surface area contributed by atoms with Gasteiger partial charge in [0.25, 0.3) is 17.2 Å². The first kappa shape index (κ1) is 18.1. The van der Waals surface area contributed by atoms with E-state index in [2.05, 4.69) is 20.5 Å². The Kier molecular flexibility index (Phi) is 4.74. The van der Waals surface area contributed by atoms with Crippen LogP contribution >= 0.6 is 15.9 Å². The van der Waals surface area contributed by atoms with E-state index in [1.807, 2.05) is 29.2 Å². The lowest BCUT2D eigenvalue weighted by Gasteiger charge is -2.29. The number of non-ortho nitro benzene ring substituents is 1. The minimum absolute atomic E-state index is 0.0257. The van der Waals surface area contributed by atoms with Crippen LogP contribution in [0, 0.1) is 10.1 Å². The summed E-state index contributed by atoms with van der Waals surface area (Å²) in [7, 11) is 0.